The highest BCUT2D eigenvalue weighted by atomic mass is 35.5. The van der Waals surface area contributed by atoms with Crippen molar-refractivity contribution in [3.05, 3.63) is 88.9 Å². The number of aliphatic hydroxyl groups excluding tert-OH is 2. The second-order valence-corrected chi connectivity index (χ2v) is 11.3. The molecule has 3 heterocycles. The SMILES string of the molecule is O=C(CCCOc1cc(Cl)cc(Cl)c1)NC[C@H]1O[C@@H](n2cnc3c(NCc4cccc5ccccc45)ncnc32)[C@H](O)[C@@H]1O. The number of hydrogen-bond acceptors (Lipinski definition) is 9. The van der Waals surface area contributed by atoms with Gasteiger partial charge in [-0.3, -0.25) is 9.36 Å². The van der Waals surface area contributed by atoms with Gasteiger partial charge in [0.1, 0.15) is 30.4 Å². The van der Waals surface area contributed by atoms with Crippen molar-refractivity contribution in [1.29, 1.82) is 0 Å². The van der Waals surface area contributed by atoms with Crippen molar-refractivity contribution in [2.45, 2.75) is 43.9 Å². The van der Waals surface area contributed by atoms with Crippen LogP contribution < -0.4 is 15.4 Å². The van der Waals surface area contributed by atoms with Crippen LogP contribution in [0.25, 0.3) is 21.9 Å². The van der Waals surface area contributed by atoms with Crippen molar-refractivity contribution < 1.29 is 24.5 Å². The predicted octanol–water partition coefficient (Wildman–Crippen LogP) is 4.49. The van der Waals surface area contributed by atoms with Crippen LogP contribution in [0.3, 0.4) is 0 Å². The van der Waals surface area contributed by atoms with E-state index in [1.165, 1.54) is 12.7 Å². The molecule has 1 fully saturated rings. The number of nitrogens with one attached hydrogen (secondary N) is 2. The van der Waals surface area contributed by atoms with Crippen LogP contribution in [0.4, 0.5) is 5.82 Å². The van der Waals surface area contributed by atoms with E-state index in [4.69, 9.17) is 32.7 Å². The number of hydrogen-bond donors (Lipinski definition) is 4. The Balaban J connectivity index is 1.04. The number of carbonyl (C=O) groups excluding carboxylic acids is 1. The minimum atomic E-state index is -1.27. The molecule has 0 radical (unpaired) electrons. The first-order valence-corrected chi connectivity index (χ1v) is 14.9. The first-order chi connectivity index (χ1) is 21.4. The molecule has 1 aliphatic heterocycles. The van der Waals surface area contributed by atoms with Crippen molar-refractivity contribution in [2.24, 2.45) is 0 Å². The van der Waals surface area contributed by atoms with E-state index >= 15 is 0 Å². The van der Waals surface area contributed by atoms with Gasteiger partial charge in [0.05, 0.1) is 12.9 Å². The van der Waals surface area contributed by atoms with Gasteiger partial charge in [-0.05, 0) is 41.0 Å². The van der Waals surface area contributed by atoms with E-state index in [2.05, 4.69) is 49.9 Å². The number of nitrogens with zero attached hydrogens (tertiary/aromatic N) is 4. The molecule has 0 unspecified atom stereocenters. The van der Waals surface area contributed by atoms with Crippen LogP contribution in [0, 0.1) is 0 Å². The highest BCUT2D eigenvalue weighted by Crippen LogP contribution is 2.32. The van der Waals surface area contributed by atoms with Crippen molar-refractivity contribution >= 4 is 56.9 Å². The van der Waals surface area contributed by atoms with Gasteiger partial charge in [0.25, 0.3) is 0 Å². The lowest BCUT2D eigenvalue weighted by molar-refractivity contribution is -0.122. The normalized spacial score (nSPS) is 19.8. The van der Waals surface area contributed by atoms with Gasteiger partial charge in [0.2, 0.25) is 5.91 Å². The van der Waals surface area contributed by atoms with Gasteiger partial charge in [-0.2, -0.15) is 0 Å². The lowest BCUT2D eigenvalue weighted by Crippen LogP contribution is -2.39. The Labute approximate surface area is 262 Å². The molecule has 4 atom stereocenters. The fourth-order valence-electron chi connectivity index (χ4n) is 5.26. The van der Waals surface area contributed by atoms with Crippen LogP contribution in [-0.4, -0.2) is 67.1 Å². The van der Waals surface area contributed by atoms with Crippen LogP contribution >= 0.6 is 23.2 Å². The standard InChI is InChI=1S/C31H30Cl2N6O5/c32-20-11-21(33)13-22(12-20)43-10-4-9-25(40)34-15-24-27(41)28(42)31(44-24)39-17-38-26-29(36-16-37-30(26)39)35-14-19-7-3-6-18-5-1-2-8-23(18)19/h1-3,5-8,11-13,16-17,24,27-28,31,41-42H,4,9-10,14-15H2,(H,34,40)(H,35,36,37)/t24-,27-,28-,31-/m1/s1. The van der Waals surface area contributed by atoms with Gasteiger partial charge >= 0.3 is 0 Å². The molecule has 11 nitrogen and oxygen atoms in total. The quantitative estimate of drug-likeness (QED) is 0.154. The van der Waals surface area contributed by atoms with Crippen LogP contribution in [0.2, 0.25) is 10.0 Å². The van der Waals surface area contributed by atoms with Crippen LogP contribution in [0.5, 0.6) is 5.75 Å². The van der Waals surface area contributed by atoms with Crippen molar-refractivity contribution in [2.75, 3.05) is 18.5 Å². The summed E-state index contributed by atoms with van der Waals surface area (Å²) in [6.45, 7) is 0.823. The fourth-order valence-corrected chi connectivity index (χ4v) is 5.76. The Hall–Kier alpha value is -4.00. The number of halogens is 2. The summed E-state index contributed by atoms with van der Waals surface area (Å²) < 4.78 is 13.2. The summed E-state index contributed by atoms with van der Waals surface area (Å²) in [5.74, 6) is 0.811. The van der Waals surface area contributed by atoms with E-state index in [9.17, 15) is 15.0 Å². The van der Waals surface area contributed by atoms with E-state index in [0.29, 0.717) is 52.3 Å². The first kappa shape index (κ1) is 30.0. The molecule has 0 saturated carbocycles. The highest BCUT2D eigenvalue weighted by Gasteiger charge is 2.44. The average molecular weight is 638 g/mol. The molecule has 0 aliphatic carbocycles. The maximum absolute atomic E-state index is 12.4. The summed E-state index contributed by atoms with van der Waals surface area (Å²) in [6, 6.07) is 19.2. The third-order valence-corrected chi connectivity index (χ3v) is 7.89. The van der Waals surface area contributed by atoms with Gasteiger partial charge in [-0.1, -0.05) is 65.7 Å². The van der Waals surface area contributed by atoms with E-state index in [1.54, 1.807) is 22.8 Å². The maximum atomic E-state index is 12.4. The summed E-state index contributed by atoms with van der Waals surface area (Å²) in [5, 5.41) is 30.9. The fraction of sp³-hybridized carbons (Fsp3) is 0.290. The summed E-state index contributed by atoms with van der Waals surface area (Å²) in [7, 11) is 0. The number of imidazole rings is 1. The second kappa shape index (κ2) is 13.3. The summed E-state index contributed by atoms with van der Waals surface area (Å²) in [5.41, 5.74) is 2.04. The highest BCUT2D eigenvalue weighted by molar-refractivity contribution is 6.34. The molecular formula is C31H30Cl2N6O5. The van der Waals surface area contributed by atoms with E-state index < -0.39 is 24.5 Å². The largest absolute Gasteiger partial charge is 0.493 e. The number of ether oxygens (including phenoxy) is 2. The molecule has 0 bridgehead atoms. The molecule has 6 rings (SSSR count). The maximum Gasteiger partial charge on any atom is 0.220 e. The first-order valence-electron chi connectivity index (χ1n) is 14.1. The monoisotopic (exact) mass is 636 g/mol. The Morgan fingerprint density at radius 3 is 2.64 bits per heavy atom. The molecule has 0 spiro atoms. The number of carbonyl (C=O) groups is 1. The van der Waals surface area contributed by atoms with Crippen molar-refractivity contribution in [3.8, 4) is 5.75 Å². The molecule has 44 heavy (non-hydrogen) atoms. The molecule has 2 aromatic heterocycles. The number of benzene rings is 3. The number of fused-ring (bicyclic) bond motifs is 2. The van der Waals surface area contributed by atoms with Gasteiger partial charge in [-0.25, -0.2) is 15.0 Å². The zero-order chi connectivity index (χ0) is 30.6. The summed E-state index contributed by atoms with van der Waals surface area (Å²) >= 11 is 11.9. The van der Waals surface area contributed by atoms with Crippen LogP contribution in [0.15, 0.2) is 73.3 Å². The molecule has 13 heteroatoms. The third-order valence-electron chi connectivity index (χ3n) is 7.45. The molecule has 3 aromatic carbocycles. The molecule has 5 aromatic rings. The Kier molecular flexibility index (Phi) is 9.10. The molecular weight excluding hydrogens is 607 g/mol. The number of aromatic nitrogens is 4. The number of amides is 1. The van der Waals surface area contributed by atoms with Gasteiger partial charge in [-0.15, -0.1) is 0 Å². The minimum absolute atomic E-state index is 0.0117. The second-order valence-electron chi connectivity index (χ2n) is 10.4. The molecule has 1 amide bonds. The van der Waals surface area contributed by atoms with Gasteiger partial charge < -0.3 is 30.3 Å². The third kappa shape index (κ3) is 6.57. The van der Waals surface area contributed by atoms with E-state index in [-0.39, 0.29) is 18.9 Å². The molecule has 1 aliphatic rings. The molecule has 4 N–H and O–H groups in total. The summed E-state index contributed by atoms with van der Waals surface area (Å²) in [4.78, 5) is 25.6. The Morgan fingerprint density at radius 1 is 1.00 bits per heavy atom. The van der Waals surface area contributed by atoms with Crippen molar-refractivity contribution in [1.82, 2.24) is 24.8 Å². The number of rotatable bonds is 11. The van der Waals surface area contributed by atoms with E-state index in [0.717, 1.165) is 16.3 Å². The van der Waals surface area contributed by atoms with Crippen molar-refractivity contribution in [3.63, 3.8) is 0 Å². The topological polar surface area (TPSA) is 144 Å². The average Bonchev–Trinajstić information content (AvgIpc) is 3.57. The predicted molar refractivity (Wildman–Crippen MR) is 167 cm³/mol. The van der Waals surface area contributed by atoms with Gasteiger partial charge in [0.15, 0.2) is 23.2 Å². The lowest BCUT2D eigenvalue weighted by Gasteiger charge is -2.17. The lowest BCUT2D eigenvalue weighted by atomic mass is 10.0. The Bertz CT molecular complexity index is 1760. The van der Waals surface area contributed by atoms with E-state index in [1.807, 2.05) is 18.2 Å². The van der Waals surface area contributed by atoms with Crippen LogP contribution in [0.1, 0.15) is 24.6 Å². The zero-order valence-electron chi connectivity index (χ0n) is 23.4. The minimum Gasteiger partial charge on any atom is -0.493 e. The smallest absolute Gasteiger partial charge is 0.220 e. The number of aliphatic hydroxyl groups is 2. The van der Waals surface area contributed by atoms with Gasteiger partial charge in [0, 0.05) is 29.6 Å². The van der Waals surface area contributed by atoms with Crippen LogP contribution in [-0.2, 0) is 16.1 Å². The Morgan fingerprint density at radius 2 is 1.80 bits per heavy atom. The number of anilines is 1. The summed E-state index contributed by atoms with van der Waals surface area (Å²) in [6.07, 6.45) is -0.756. The molecule has 228 valence electrons. The molecule has 1 saturated heterocycles. The zero-order valence-corrected chi connectivity index (χ0v) is 24.9.